The van der Waals surface area contributed by atoms with Crippen molar-refractivity contribution >= 4 is 17.8 Å². The van der Waals surface area contributed by atoms with Gasteiger partial charge in [-0.25, -0.2) is 4.79 Å². The van der Waals surface area contributed by atoms with E-state index in [1.54, 1.807) is 19.1 Å². The summed E-state index contributed by atoms with van der Waals surface area (Å²) in [5.74, 6) is 0.298. The molecule has 35 heavy (non-hydrogen) atoms. The molecule has 0 saturated carbocycles. The van der Waals surface area contributed by atoms with Crippen molar-refractivity contribution < 1.29 is 19.4 Å². The minimum Gasteiger partial charge on any atom is -0.493 e. The number of Topliss-reactive ketones (excluding diaryl/α,β-unsaturated/α-hetero) is 1. The van der Waals surface area contributed by atoms with E-state index < -0.39 is 5.97 Å². The monoisotopic (exact) mass is 470 g/mol. The summed E-state index contributed by atoms with van der Waals surface area (Å²) in [6.07, 6.45) is 9.10. The Hall–Kier alpha value is -3.66. The zero-order valence-corrected chi connectivity index (χ0v) is 20.6. The minimum atomic E-state index is -0.915. The predicted octanol–water partition coefficient (Wildman–Crippen LogP) is 7.27. The molecular weight excluding hydrogens is 436 g/mol. The van der Waals surface area contributed by atoms with Gasteiger partial charge in [-0.3, -0.25) is 4.79 Å². The van der Waals surface area contributed by atoms with E-state index in [0.29, 0.717) is 12.2 Å². The van der Waals surface area contributed by atoms with E-state index in [1.807, 2.05) is 54.6 Å². The summed E-state index contributed by atoms with van der Waals surface area (Å²) < 4.78 is 5.99. The zero-order chi connectivity index (χ0) is 25.0. The molecule has 4 heteroatoms. The fourth-order valence-corrected chi connectivity index (χ4v) is 3.93. The van der Waals surface area contributed by atoms with Crippen LogP contribution >= 0.6 is 0 Å². The van der Waals surface area contributed by atoms with Crippen LogP contribution in [0.4, 0.5) is 0 Å². The van der Waals surface area contributed by atoms with E-state index in [9.17, 15) is 14.7 Å². The summed E-state index contributed by atoms with van der Waals surface area (Å²) in [6, 6.07) is 23.0. The first-order chi connectivity index (χ1) is 17.0. The van der Waals surface area contributed by atoms with Crippen LogP contribution in [0.5, 0.6) is 5.75 Å². The van der Waals surface area contributed by atoms with Crippen LogP contribution in [0.3, 0.4) is 0 Å². The fraction of sp³-hybridized carbons (Fsp3) is 0.290. The molecule has 0 aliphatic rings. The zero-order valence-electron chi connectivity index (χ0n) is 20.6. The SMILES string of the molecule is CCCCOc1ccccc1/C=C/C(CCc1ccc(C(C)=O)cc1)Cc1ccc(C(=O)O)cc1. The van der Waals surface area contributed by atoms with E-state index in [1.165, 1.54) is 5.56 Å². The van der Waals surface area contributed by atoms with Crippen molar-refractivity contribution in [3.8, 4) is 5.75 Å². The normalized spacial score (nSPS) is 11.9. The van der Waals surface area contributed by atoms with Gasteiger partial charge in [0.1, 0.15) is 5.75 Å². The highest BCUT2D eigenvalue weighted by atomic mass is 16.5. The molecule has 0 aliphatic carbocycles. The number of ether oxygens (including phenoxy) is 1. The highest BCUT2D eigenvalue weighted by Crippen LogP contribution is 2.24. The van der Waals surface area contributed by atoms with Gasteiger partial charge in [0.25, 0.3) is 0 Å². The van der Waals surface area contributed by atoms with Crippen molar-refractivity contribution in [1.29, 1.82) is 0 Å². The lowest BCUT2D eigenvalue weighted by Gasteiger charge is -2.15. The maximum absolute atomic E-state index is 11.6. The molecule has 4 nitrogen and oxygen atoms in total. The summed E-state index contributed by atoms with van der Waals surface area (Å²) in [5.41, 5.74) is 4.37. The van der Waals surface area contributed by atoms with Gasteiger partial charge in [0.05, 0.1) is 12.2 Å². The fourth-order valence-electron chi connectivity index (χ4n) is 3.93. The van der Waals surface area contributed by atoms with Gasteiger partial charge in [-0.1, -0.05) is 80.1 Å². The highest BCUT2D eigenvalue weighted by Gasteiger charge is 2.10. The number of rotatable bonds is 13. The lowest BCUT2D eigenvalue weighted by atomic mass is 9.91. The second-order valence-corrected chi connectivity index (χ2v) is 8.86. The lowest BCUT2D eigenvalue weighted by molar-refractivity contribution is 0.0696. The number of aromatic carboxylic acids is 1. The highest BCUT2D eigenvalue weighted by molar-refractivity contribution is 5.94. The van der Waals surface area contributed by atoms with Crippen LogP contribution in [-0.4, -0.2) is 23.5 Å². The number of aryl methyl sites for hydroxylation is 1. The third-order valence-corrected chi connectivity index (χ3v) is 6.09. The van der Waals surface area contributed by atoms with Gasteiger partial charge < -0.3 is 9.84 Å². The number of para-hydroxylation sites is 1. The minimum absolute atomic E-state index is 0.0713. The Kier molecular flexibility index (Phi) is 9.85. The van der Waals surface area contributed by atoms with Crippen molar-refractivity contribution in [2.45, 2.75) is 46.0 Å². The van der Waals surface area contributed by atoms with Crippen molar-refractivity contribution in [1.82, 2.24) is 0 Å². The average molecular weight is 471 g/mol. The summed E-state index contributed by atoms with van der Waals surface area (Å²) in [4.78, 5) is 22.8. The molecule has 0 aromatic heterocycles. The molecule has 1 atom stereocenters. The van der Waals surface area contributed by atoms with E-state index >= 15 is 0 Å². The summed E-state index contributed by atoms with van der Waals surface area (Å²) in [7, 11) is 0. The van der Waals surface area contributed by atoms with Crippen molar-refractivity contribution in [2.75, 3.05) is 6.61 Å². The molecule has 0 fully saturated rings. The molecule has 0 spiro atoms. The van der Waals surface area contributed by atoms with Crippen LogP contribution in [0.15, 0.2) is 78.9 Å². The van der Waals surface area contributed by atoms with Gasteiger partial charge in [-0.05, 0) is 67.9 Å². The molecule has 1 N–H and O–H groups in total. The number of carbonyl (C=O) groups excluding carboxylic acids is 1. The van der Waals surface area contributed by atoms with Crippen LogP contribution in [0.1, 0.15) is 70.5 Å². The number of carboxylic acid groups (broad SMARTS) is 1. The maximum atomic E-state index is 11.6. The maximum Gasteiger partial charge on any atom is 0.335 e. The first-order valence-corrected chi connectivity index (χ1v) is 12.3. The lowest BCUT2D eigenvalue weighted by Crippen LogP contribution is -2.05. The molecule has 0 heterocycles. The Balaban J connectivity index is 1.76. The van der Waals surface area contributed by atoms with Crippen molar-refractivity contribution in [3.05, 3.63) is 107 Å². The van der Waals surface area contributed by atoms with Gasteiger partial charge in [0.2, 0.25) is 0 Å². The second kappa shape index (κ2) is 13.3. The molecule has 1 unspecified atom stereocenters. The summed E-state index contributed by atoms with van der Waals surface area (Å²) in [6.45, 7) is 4.43. The number of ketones is 1. The first kappa shape index (κ1) is 26.0. The van der Waals surface area contributed by atoms with E-state index in [4.69, 9.17) is 4.74 Å². The number of carbonyl (C=O) groups is 2. The van der Waals surface area contributed by atoms with Gasteiger partial charge in [-0.2, -0.15) is 0 Å². The van der Waals surface area contributed by atoms with E-state index in [0.717, 1.165) is 54.5 Å². The number of unbranched alkanes of at least 4 members (excludes halogenated alkanes) is 1. The number of carboxylic acids is 1. The van der Waals surface area contributed by atoms with Crippen molar-refractivity contribution in [2.24, 2.45) is 5.92 Å². The summed E-state index contributed by atoms with van der Waals surface area (Å²) >= 11 is 0. The summed E-state index contributed by atoms with van der Waals surface area (Å²) in [5, 5.41) is 9.19. The largest absolute Gasteiger partial charge is 0.493 e. The Morgan fingerprint density at radius 1 is 0.914 bits per heavy atom. The van der Waals surface area contributed by atoms with Crippen LogP contribution in [0.25, 0.3) is 6.08 Å². The van der Waals surface area contributed by atoms with E-state index in [2.05, 4.69) is 25.1 Å². The number of allylic oxidation sites excluding steroid dienone is 1. The van der Waals surface area contributed by atoms with Crippen LogP contribution in [-0.2, 0) is 12.8 Å². The molecule has 0 aliphatic heterocycles. The molecule has 0 radical (unpaired) electrons. The van der Waals surface area contributed by atoms with E-state index in [-0.39, 0.29) is 11.7 Å². The molecule has 0 bridgehead atoms. The van der Waals surface area contributed by atoms with Gasteiger partial charge >= 0.3 is 5.97 Å². The molecule has 0 amide bonds. The third kappa shape index (κ3) is 8.25. The number of hydrogen-bond donors (Lipinski definition) is 1. The number of benzene rings is 3. The van der Waals surface area contributed by atoms with Crippen LogP contribution in [0, 0.1) is 5.92 Å². The van der Waals surface area contributed by atoms with Crippen molar-refractivity contribution in [3.63, 3.8) is 0 Å². The third-order valence-electron chi connectivity index (χ3n) is 6.09. The molecular formula is C31H34O4. The number of hydrogen-bond acceptors (Lipinski definition) is 3. The Morgan fingerprint density at radius 2 is 1.57 bits per heavy atom. The average Bonchev–Trinajstić information content (AvgIpc) is 2.87. The van der Waals surface area contributed by atoms with Crippen LogP contribution < -0.4 is 4.74 Å². The molecule has 3 aromatic carbocycles. The Bertz CT molecular complexity index is 1130. The van der Waals surface area contributed by atoms with Gasteiger partial charge in [0, 0.05) is 11.1 Å². The topological polar surface area (TPSA) is 63.6 Å². The van der Waals surface area contributed by atoms with Gasteiger partial charge in [-0.15, -0.1) is 0 Å². The Labute approximate surface area is 208 Å². The Morgan fingerprint density at radius 3 is 2.23 bits per heavy atom. The smallest absolute Gasteiger partial charge is 0.335 e. The molecule has 182 valence electrons. The molecule has 0 saturated heterocycles. The first-order valence-electron chi connectivity index (χ1n) is 12.3. The van der Waals surface area contributed by atoms with Crippen LogP contribution in [0.2, 0.25) is 0 Å². The standard InChI is InChI=1S/C31H34O4/c1-3-4-21-35-30-8-6-5-7-28(30)18-13-25(22-26-14-19-29(20-15-26)31(33)34)10-9-24-11-16-27(17-12-24)23(2)32/h5-8,11-20,25H,3-4,9-10,21-22H2,1-2H3,(H,33,34)/b18-13+. The second-order valence-electron chi connectivity index (χ2n) is 8.86. The quantitative estimate of drug-likeness (QED) is 0.211. The molecule has 3 rings (SSSR count). The predicted molar refractivity (Wildman–Crippen MR) is 141 cm³/mol. The molecule has 3 aromatic rings. The van der Waals surface area contributed by atoms with Gasteiger partial charge in [0.15, 0.2) is 5.78 Å².